The van der Waals surface area contributed by atoms with E-state index < -0.39 is 16.7 Å². The zero-order chi connectivity index (χ0) is 13.4. The molecule has 0 saturated carbocycles. The number of benzene rings is 1. The van der Waals surface area contributed by atoms with Gasteiger partial charge in [-0.1, -0.05) is 0 Å². The molecular weight excluding hydrogens is 329 g/mol. The summed E-state index contributed by atoms with van der Waals surface area (Å²) in [4.78, 5) is 21.7. The predicted octanol–water partition coefficient (Wildman–Crippen LogP) is 3.50. The van der Waals surface area contributed by atoms with Crippen molar-refractivity contribution in [3.05, 3.63) is 37.4 Å². The zero-order valence-corrected chi connectivity index (χ0v) is 11.3. The Morgan fingerprint density at radius 3 is 2.78 bits per heavy atom. The van der Waals surface area contributed by atoms with Crippen molar-refractivity contribution in [3.63, 3.8) is 0 Å². The molecule has 0 N–H and O–H groups in total. The van der Waals surface area contributed by atoms with Crippen molar-refractivity contribution in [2.45, 2.75) is 0 Å². The van der Waals surface area contributed by atoms with E-state index in [9.17, 15) is 19.3 Å². The van der Waals surface area contributed by atoms with Crippen LogP contribution >= 0.6 is 27.3 Å². The van der Waals surface area contributed by atoms with Crippen LogP contribution in [0.25, 0.3) is 10.1 Å². The van der Waals surface area contributed by atoms with Crippen LogP contribution in [0.1, 0.15) is 9.67 Å². The number of methoxy groups -OCH3 is 1. The average Bonchev–Trinajstić information content (AvgIpc) is 2.77. The number of esters is 1. The molecule has 2 rings (SSSR count). The first-order valence-corrected chi connectivity index (χ1v) is 6.21. The SMILES string of the molecule is COC(=O)c1cc2c(Br)c(F)cc([N+](=O)[O-])c2s1. The van der Waals surface area contributed by atoms with Crippen LogP contribution in [-0.4, -0.2) is 18.0 Å². The summed E-state index contributed by atoms with van der Waals surface area (Å²) in [7, 11) is 1.21. The number of nitrogens with zero attached hydrogens (tertiary/aromatic N) is 1. The fourth-order valence-electron chi connectivity index (χ4n) is 1.46. The van der Waals surface area contributed by atoms with Gasteiger partial charge in [-0.3, -0.25) is 10.1 Å². The number of rotatable bonds is 2. The summed E-state index contributed by atoms with van der Waals surface area (Å²) in [6, 6.07) is 2.19. The van der Waals surface area contributed by atoms with Gasteiger partial charge in [-0.2, -0.15) is 0 Å². The maximum atomic E-state index is 13.5. The summed E-state index contributed by atoms with van der Waals surface area (Å²) in [5.41, 5.74) is -0.370. The fraction of sp³-hybridized carbons (Fsp3) is 0.100. The first kappa shape index (κ1) is 12.9. The highest BCUT2D eigenvalue weighted by Gasteiger charge is 2.23. The van der Waals surface area contributed by atoms with Crippen LogP contribution in [0.15, 0.2) is 16.6 Å². The van der Waals surface area contributed by atoms with E-state index in [0.717, 1.165) is 17.4 Å². The first-order valence-electron chi connectivity index (χ1n) is 4.60. The molecule has 1 aromatic heterocycles. The summed E-state index contributed by atoms with van der Waals surface area (Å²) >= 11 is 3.90. The number of non-ortho nitro benzene ring substituents is 1. The molecule has 8 heteroatoms. The number of carbonyl (C=O) groups is 1. The number of carbonyl (C=O) groups excluding carboxylic acids is 1. The van der Waals surface area contributed by atoms with Crippen molar-refractivity contribution >= 4 is 49.0 Å². The van der Waals surface area contributed by atoms with Crippen LogP contribution in [0.3, 0.4) is 0 Å². The number of hydrogen-bond acceptors (Lipinski definition) is 5. The molecule has 0 spiro atoms. The van der Waals surface area contributed by atoms with Gasteiger partial charge in [0, 0.05) is 5.39 Å². The molecule has 0 saturated heterocycles. The lowest BCUT2D eigenvalue weighted by molar-refractivity contribution is -0.383. The van der Waals surface area contributed by atoms with Gasteiger partial charge in [0.25, 0.3) is 5.69 Å². The van der Waals surface area contributed by atoms with Crippen molar-refractivity contribution in [1.29, 1.82) is 0 Å². The molecule has 2 aromatic rings. The lowest BCUT2D eigenvalue weighted by Gasteiger charge is -1.97. The summed E-state index contributed by atoms with van der Waals surface area (Å²) in [5.74, 6) is -1.36. The number of nitro benzene ring substituents is 1. The Hall–Kier alpha value is -1.54. The largest absolute Gasteiger partial charge is 0.465 e. The van der Waals surface area contributed by atoms with Gasteiger partial charge in [0.05, 0.1) is 22.6 Å². The van der Waals surface area contributed by atoms with E-state index in [1.54, 1.807) is 0 Å². The molecule has 1 aromatic carbocycles. The monoisotopic (exact) mass is 333 g/mol. The quantitative estimate of drug-likeness (QED) is 0.479. The predicted molar refractivity (Wildman–Crippen MR) is 67.5 cm³/mol. The summed E-state index contributed by atoms with van der Waals surface area (Å²) in [5, 5.41) is 11.1. The fourth-order valence-corrected chi connectivity index (χ4v) is 3.09. The number of fused-ring (bicyclic) bond motifs is 1. The smallest absolute Gasteiger partial charge is 0.348 e. The van der Waals surface area contributed by atoms with Crippen LogP contribution < -0.4 is 0 Å². The summed E-state index contributed by atoms with van der Waals surface area (Å²) < 4.78 is 18.4. The molecule has 0 aliphatic carbocycles. The molecule has 1 heterocycles. The standard InChI is InChI=1S/C10H5BrFNO4S/c1-17-10(14)7-2-4-8(11)5(12)3-6(13(15)16)9(4)18-7/h2-3H,1H3. The van der Waals surface area contributed by atoms with Gasteiger partial charge in [-0.15, -0.1) is 11.3 Å². The van der Waals surface area contributed by atoms with Crippen LogP contribution in [0, 0.1) is 15.9 Å². The van der Waals surface area contributed by atoms with Gasteiger partial charge < -0.3 is 4.74 Å². The van der Waals surface area contributed by atoms with Gasteiger partial charge >= 0.3 is 5.97 Å². The molecule has 0 unspecified atom stereocenters. The Labute approximate surface area is 112 Å². The van der Waals surface area contributed by atoms with Crippen molar-refractivity contribution < 1.29 is 18.8 Å². The minimum absolute atomic E-state index is 0.0921. The summed E-state index contributed by atoms with van der Waals surface area (Å²) in [6.45, 7) is 0. The van der Waals surface area contributed by atoms with Crippen molar-refractivity contribution in [2.75, 3.05) is 7.11 Å². The van der Waals surface area contributed by atoms with Crippen LogP contribution in [0.2, 0.25) is 0 Å². The van der Waals surface area contributed by atoms with Crippen molar-refractivity contribution in [3.8, 4) is 0 Å². The number of hydrogen-bond donors (Lipinski definition) is 0. The summed E-state index contributed by atoms with van der Waals surface area (Å²) in [6.07, 6.45) is 0. The van der Waals surface area contributed by atoms with Gasteiger partial charge in [-0.25, -0.2) is 9.18 Å². The van der Waals surface area contributed by atoms with Gasteiger partial charge in [0.15, 0.2) is 0 Å². The maximum Gasteiger partial charge on any atom is 0.348 e. The Bertz CT molecular complexity index is 669. The van der Waals surface area contributed by atoms with Crippen LogP contribution in [0.5, 0.6) is 0 Å². The molecule has 5 nitrogen and oxygen atoms in total. The number of nitro groups is 1. The zero-order valence-electron chi connectivity index (χ0n) is 8.90. The van der Waals surface area contributed by atoms with E-state index in [0.29, 0.717) is 0 Å². The third-order valence-electron chi connectivity index (χ3n) is 2.26. The second-order valence-electron chi connectivity index (χ2n) is 3.29. The minimum Gasteiger partial charge on any atom is -0.465 e. The van der Waals surface area contributed by atoms with Crippen LogP contribution in [-0.2, 0) is 4.74 Å². The molecule has 0 aliphatic heterocycles. The van der Waals surface area contributed by atoms with Crippen molar-refractivity contribution in [1.82, 2.24) is 0 Å². The molecule has 0 radical (unpaired) electrons. The maximum absolute atomic E-state index is 13.5. The van der Waals surface area contributed by atoms with E-state index in [4.69, 9.17) is 0 Å². The molecular formula is C10H5BrFNO4S. The molecule has 0 aliphatic rings. The van der Waals surface area contributed by atoms with Crippen molar-refractivity contribution in [2.24, 2.45) is 0 Å². The number of halogens is 2. The highest BCUT2D eigenvalue weighted by atomic mass is 79.9. The Kier molecular flexibility index (Phi) is 3.31. The average molecular weight is 334 g/mol. The second-order valence-corrected chi connectivity index (χ2v) is 5.14. The van der Waals surface area contributed by atoms with Gasteiger partial charge in [-0.05, 0) is 22.0 Å². The third kappa shape index (κ3) is 1.97. The molecule has 0 amide bonds. The highest BCUT2D eigenvalue weighted by molar-refractivity contribution is 9.10. The Morgan fingerprint density at radius 2 is 2.22 bits per heavy atom. The second kappa shape index (κ2) is 4.62. The Balaban J connectivity index is 2.81. The molecule has 0 bridgehead atoms. The van der Waals surface area contributed by atoms with Gasteiger partial charge in [0.1, 0.15) is 15.4 Å². The van der Waals surface area contributed by atoms with Crippen LogP contribution in [0.4, 0.5) is 10.1 Å². The highest BCUT2D eigenvalue weighted by Crippen LogP contribution is 2.39. The van der Waals surface area contributed by atoms with E-state index >= 15 is 0 Å². The third-order valence-corrected chi connectivity index (χ3v) is 4.20. The molecule has 18 heavy (non-hydrogen) atoms. The number of thiophene rings is 1. The molecule has 0 atom stereocenters. The lowest BCUT2D eigenvalue weighted by atomic mass is 10.2. The number of ether oxygens (including phenoxy) is 1. The topological polar surface area (TPSA) is 69.4 Å². The van der Waals surface area contributed by atoms with E-state index in [2.05, 4.69) is 20.7 Å². The van der Waals surface area contributed by atoms with E-state index in [-0.39, 0.29) is 25.1 Å². The van der Waals surface area contributed by atoms with E-state index in [1.807, 2.05) is 0 Å². The minimum atomic E-state index is -0.747. The Morgan fingerprint density at radius 1 is 1.56 bits per heavy atom. The lowest BCUT2D eigenvalue weighted by Crippen LogP contribution is -1.96. The molecule has 0 fully saturated rings. The van der Waals surface area contributed by atoms with E-state index in [1.165, 1.54) is 13.2 Å². The normalized spacial score (nSPS) is 10.6. The molecule has 94 valence electrons. The first-order chi connectivity index (χ1) is 8.45. The van der Waals surface area contributed by atoms with Gasteiger partial charge in [0.2, 0.25) is 0 Å².